The molecule has 0 aliphatic carbocycles. The van der Waals surface area contributed by atoms with Gasteiger partial charge in [-0.3, -0.25) is 0 Å². The summed E-state index contributed by atoms with van der Waals surface area (Å²) in [7, 11) is 1.63. The molecule has 0 aliphatic rings. The lowest BCUT2D eigenvalue weighted by atomic mass is 10.2. The Morgan fingerprint density at radius 3 is 1.73 bits per heavy atom. The van der Waals surface area contributed by atoms with Gasteiger partial charge in [-0.1, -0.05) is 13.8 Å². The SMILES string of the molecule is CCSC(SCC)c1cc(OC)c(O[Si](C)(C)C)c(OC)c1. The molecule has 0 atom stereocenters. The quantitative estimate of drug-likeness (QED) is 0.433. The minimum atomic E-state index is -1.74. The molecule has 126 valence electrons. The zero-order chi connectivity index (χ0) is 16.8. The van der Waals surface area contributed by atoms with Crippen molar-refractivity contribution in [3.05, 3.63) is 17.7 Å². The number of rotatable bonds is 9. The molecule has 1 aromatic carbocycles. The minimum Gasteiger partial charge on any atom is -0.539 e. The lowest BCUT2D eigenvalue weighted by Crippen LogP contribution is -2.29. The highest BCUT2D eigenvalue weighted by Crippen LogP contribution is 2.46. The predicted octanol–water partition coefficient (Wildman–Crippen LogP) is 5.42. The molecule has 1 rings (SSSR count). The molecule has 6 heteroatoms. The zero-order valence-electron chi connectivity index (χ0n) is 14.7. The summed E-state index contributed by atoms with van der Waals surface area (Å²) in [5.41, 5.74) is 1.22. The summed E-state index contributed by atoms with van der Waals surface area (Å²) in [6.45, 7) is 10.8. The summed E-state index contributed by atoms with van der Waals surface area (Å²) in [6, 6.07) is 4.18. The van der Waals surface area contributed by atoms with Gasteiger partial charge in [-0.15, -0.1) is 23.5 Å². The predicted molar refractivity (Wildman–Crippen MR) is 103 cm³/mol. The van der Waals surface area contributed by atoms with Crippen molar-refractivity contribution >= 4 is 31.8 Å². The summed E-state index contributed by atoms with van der Waals surface area (Å²) in [5.74, 6) is 4.41. The van der Waals surface area contributed by atoms with Crippen LogP contribution < -0.4 is 13.9 Å². The first-order chi connectivity index (χ1) is 10.4. The van der Waals surface area contributed by atoms with Crippen molar-refractivity contribution < 1.29 is 13.9 Å². The van der Waals surface area contributed by atoms with E-state index in [4.69, 9.17) is 13.9 Å². The van der Waals surface area contributed by atoms with Gasteiger partial charge in [0, 0.05) is 0 Å². The Morgan fingerprint density at radius 2 is 1.41 bits per heavy atom. The molecule has 0 N–H and O–H groups in total. The minimum absolute atomic E-state index is 0.388. The summed E-state index contributed by atoms with van der Waals surface area (Å²) < 4.78 is 17.7. The molecule has 0 aliphatic heterocycles. The van der Waals surface area contributed by atoms with Gasteiger partial charge in [0.05, 0.1) is 18.8 Å². The van der Waals surface area contributed by atoms with E-state index >= 15 is 0 Å². The number of ether oxygens (including phenoxy) is 2. The highest BCUT2D eigenvalue weighted by molar-refractivity contribution is 8.16. The molecule has 0 amide bonds. The standard InChI is InChI=1S/C16H28O3S2Si/c1-8-20-16(21-9-2)12-10-13(17-3)15(14(11-12)18-4)19-22(5,6)7/h10-11,16H,8-9H2,1-7H3. The van der Waals surface area contributed by atoms with Gasteiger partial charge in [-0.05, 0) is 48.8 Å². The molecule has 0 radical (unpaired) electrons. The Kier molecular flexibility index (Phi) is 8.00. The number of thioether (sulfide) groups is 2. The summed E-state index contributed by atoms with van der Waals surface area (Å²) in [4.78, 5) is 0. The van der Waals surface area contributed by atoms with Crippen molar-refractivity contribution in [2.75, 3.05) is 25.7 Å². The van der Waals surface area contributed by atoms with Gasteiger partial charge in [-0.2, -0.15) is 0 Å². The molecule has 0 bridgehead atoms. The summed E-state index contributed by atoms with van der Waals surface area (Å²) >= 11 is 3.86. The van der Waals surface area contributed by atoms with Crippen LogP contribution in [0.5, 0.6) is 17.2 Å². The van der Waals surface area contributed by atoms with Crippen LogP contribution in [0.2, 0.25) is 19.6 Å². The Morgan fingerprint density at radius 1 is 0.955 bits per heavy atom. The van der Waals surface area contributed by atoms with Gasteiger partial charge in [0.15, 0.2) is 17.2 Å². The fraction of sp³-hybridized carbons (Fsp3) is 0.625. The molecule has 0 unspecified atom stereocenters. The van der Waals surface area contributed by atoms with Crippen molar-refractivity contribution in [1.29, 1.82) is 0 Å². The van der Waals surface area contributed by atoms with E-state index in [1.807, 2.05) is 23.5 Å². The van der Waals surface area contributed by atoms with Gasteiger partial charge >= 0.3 is 0 Å². The molecule has 0 heterocycles. The third-order valence-electron chi connectivity index (χ3n) is 2.80. The topological polar surface area (TPSA) is 27.7 Å². The molecule has 3 nitrogen and oxygen atoms in total. The van der Waals surface area contributed by atoms with E-state index in [0.717, 1.165) is 28.8 Å². The second-order valence-electron chi connectivity index (χ2n) is 5.71. The van der Waals surface area contributed by atoms with Gasteiger partial charge in [0.25, 0.3) is 0 Å². The number of benzene rings is 1. The number of hydrogen-bond donors (Lipinski definition) is 0. The second-order valence-corrected chi connectivity index (χ2v) is 13.2. The van der Waals surface area contributed by atoms with Crippen molar-refractivity contribution in [2.45, 2.75) is 38.1 Å². The van der Waals surface area contributed by atoms with Crippen LogP contribution in [0.15, 0.2) is 12.1 Å². The molecule has 0 fully saturated rings. The van der Waals surface area contributed by atoms with Crippen LogP contribution in [-0.2, 0) is 0 Å². The summed E-state index contributed by atoms with van der Waals surface area (Å²) in [5, 5.41) is 0. The van der Waals surface area contributed by atoms with Gasteiger partial charge < -0.3 is 13.9 Å². The highest BCUT2D eigenvalue weighted by Gasteiger charge is 2.24. The number of hydrogen-bond acceptors (Lipinski definition) is 5. The van der Waals surface area contributed by atoms with Gasteiger partial charge in [-0.25, -0.2) is 0 Å². The first kappa shape index (κ1) is 19.6. The largest absolute Gasteiger partial charge is 0.539 e. The van der Waals surface area contributed by atoms with E-state index in [-0.39, 0.29) is 0 Å². The van der Waals surface area contributed by atoms with Crippen LogP contribution in [0.4, 0.5) is 0 Å². The lowest BCUT2D eigenvalue weighted by Gasteiger charge is -2.25. The molecule has 1 aromatic rings. The smallest absolute Gasteiger partial charge is 0.242 e. The maximum atomic E-state index is 6.18. The van der Waals surface area contributed by atoms with Crippen LogP contribution in [0.25, 0.3) is 0 Å². The van der Waals surface area contributed by atoms with E-state index < -0.39 is 8.32 Å². The van der Waals surface area contributed by atoms with E-state index in [1.165, 1.54) is 5.56 Å². The van der Waals surface area contributed by atoms with E-state index in [1.54, 1.807) is 14.2 Å². The first-order valence-electron chi connectivity index (χ1n) is 7.54. The Hall–Kier alpha value is -0.463. The van der Waals surface area contributed by atoms with Crippen LogP contribution in [0.1, 0.15) is 24.0 Å². The van der Waals surface area contributed by atoms with Crippen LogP contribution in [-0.4, -0.2) is 34.0 Å². The molecular formula is C16H28O3S2Si. The maximum Gasteiger partial charge on any atom is 0.242 e. The fourth-order valence-electron chi connectivity index (χ4n) is 1.99. The number of methoxy groups -OCH3 is 2. The van der Waals surface area contributed by atoms with E-state index in [0.29, 0.717) is 4.58 Å². The maximum absolute atomic E-state index is 6.18. The Balaban J connectivity index is 3.28. The third-order valence-corrected chi connectivity index (χ3v) is 6.25. The molecule has 0 saturated carbocycles. The highest BCUT2D eigenvalue weighted by atomic mass is 32.2. The molecular weight excluding hydrogens is 332 g/mol. The fourth-order valence-corrected chi connectivity index (χ4v) is 5.26. The monoisotopic (exact) mass is 360 g/mol. The Labute approximate surface area is 144 Å². The van der Waals surface area contributed by atoms with Crippen molar-refractivity contribution in [1.82, 2.24) is 0 Å². The molecule has 0 aromatic heterocycles. The second kappa shape index (κ2) is 8.98. The molecule has 22 heavy (non-hydrogen) atoms. The summed E-state index contributed by atoms with van der Waals surface area (Å²) in [6.07, 6.45) is 0. The van der Waals surface area contributed by atoms with E-state index in [2.05, 4.69) is 45.6 Å². The normalized spacial score (nSPS) is 11.6. The van der Waals surface area contributed by atoms with Crippen LogP contribution in [0.3, 0.4) is 0 Å². The lowest BCUT2D eigenvalue weighted by molar-refractivity contribution is 0.360. The van der Waals surface area contributed by atoms with Gasteiger partial charge in [0.2, 0.25) is 8.32 Å². The van der Waals surface area contributed by atoms with Crippen molar-refractivity contribution in [3.8, 4) is 17.2 Å². The average molecular weight is 361 g/mol. The van der Waals surface area contributed by atoms with Crippen molar-refractivity contribution in [2.24, 2.45) is 0 Å². The first-order valence-corrected chi connectivity index (χ1v) is 13.0. The average Bonchev–Trinajstić information content (AvgIpc) is 2.45. The Bertz CT molecular complexity index is 444. The zero-order valence-corrected chi connectivity index (χ0v) is 17.3. The van der Waals surface area contributed by atoms with Gasteiger partial charge in [0.1, 0.15) is 0 Å². The van der Waals surface area contributed by atoms with Crippen LogP contribution in [0, 0.1) is 0 Å². The third kappa shape index (κ3) is 5.63. The van der Waals surface area contributed by atoms with Crippen LogP contribution >= 0.6 is 23.5 Å². The van der Waals surface area contributed by atoms with Crippen molar-refractivity contribution in [3.63, 3.8) is 0 Å². The van der Waals surface area contributed by atoms with E-state index in [9.17, 15) is 0 Å². The molecule has 0 spiro atoms. The molecule has 0 saturated heterocycles.